The van der Waals surface area contributed by atoms with Crippen LogP contribution in [0.15, 0.2) is 24.3 Å². The minimum atomic E-state index is -5.08. The molecule has 12 heteroatoms. The number of nitrogens with one attached hydrogen (secondary N) is 1. The van der Waals surface area contributed by atoms with Gasteiger partial charge in [0.2, 0.25) is 0 Å². The molecule has 0 saturated heterocycles. The van der Waals surface area contributed by atoms with Crippen LogP contribution < -0.4 is 11.1 Å². The number of carbonyl (C=O) groups excluding carboxylic acids is 1. The number of carboxylic acid groups (broad SMARTS) is 1. The fourth-order valence-electron chi connectivity index (χ4n) is 1.44. The summed E-state index contributed by atoms with van der Waals surface area (Å²) in [5, 5.41) is 20.6. The fourth-order valence-corrected chi connectivity index (χ4v) is 1.44. The number of carbonyl (C=O) groups is 2. The van der Waals surface area contributed by atoms with Gasteiger partial charge in [-0.3, -0.25) is 20.2 Å². The molecule has 0 bridgehead atoms. The highest BCUT2D eigenvalue weighted by Crippen LogP contribution is 2.17. The number of rotatable bonds is 6. The Morgan fingerprint density at radius 1 is 1.36 bits per heavy atom. The summed E-state index contributed by atoms with van der Waals surface area (Å²) >= 11 is 0. The normalized spacial score (nSPS) is 11.7. The van der Waals surface area contributed by atoms with Crippen LogP contribution in [0.25, 0.3) is 0 Å². The van der Waals surface area contributed by atoms with Gasteiger partial charge < -0.3 is 15.6 Å². The van der Waals surface area contributed by atoms with Gasteiger partial charge in [-0.15, -0.1) is 0 Å². The third-order valence-corrected chi connectivity index (χ3v) is 2.70. The van der Waals surface area contributed by atoms with Crippen LogP contribution >= 0.6 is 0 Å². The van der Waals surface area contributed by atoms with E-state index in [1.54, 1.807) is 12.1 Å². The van der Waals surface area contributed by atoms with Crippen LogP contribution in [-0.2, 0) is 14.3 Å². The van der Waals surface area contributed by atoms with Crippen molar-refractivity contribution in [2.45, 2.75) is 12.2 Å². The second-order valence-corrected chi connectivity index (χ2v) is 4.40. The number of nitro groups is 1. The van der Waals surface area contributed by atoms with E-state index in [0.29, 0.717) is 0 Å². The van der Waals surface area contributed by atoms with Gasteiger partial charge in [0.25, 0.3) is 5.69 Å². The Labute approximate surface area is 139 Å². The van der Waals surface area contributed by atoms with Crippen LogP contribution in [-0.4, -0.2) is 48.3 Å². The third kappa shape index (κ3) is 8.62. The lowest BCUT2D eigenvalue weighted by atomic mass is 10.1. The number of alkyl halides is 3. The Balaban J connectivity index is 0.000000697. The first kappa shape index (κ1) is 22.3. The number of hydrogen-bond acceptors (Lipinski definition) is 7. The maximum absolute atomic E-state index is 11.0. The SMILES string of the molecule is COC(=O)CNC(CN)c1ccc([N+](=O)[O-])cc1.O=C(O)C(F)(F)F. The minimum absolute atomic E-state index is 0.0162. The van der Waals surface area contributed by atoms with Gasteiger partial charge in [0.05, 0.1) is 18.6 Å². The molecule has 0 spiro atoms. The summed E-state index contributed by atoms with van der Waals surface area (Å²) in [6.07, 6.45) is -5.08. The quantitative estimate of drug-likeness (QED) is 0.383. The zero-order chi connectivity index (χ0) is 19.6. The van der Waals surface area contributed by atoms with Gasteiger partial charge in [0, 0.05) is 24.7 Å². The highest BCUT2D eigenvalue weighted by molar-refractivity contribution is 5.73. The number of methoxy groups -OCH3 is 1. The first-order chi connectivity index (χ1) is 11.5. The first-order valence-electron chi connectivity index (χ1n) is 6.57. The molecule has 9 nitrogen and oxygen atoms in total. The molecule has 1 atom stereocenters. The van der Waals surface area contributed by atoms with Gasteiger partial charge >= 0.3 is 18.1 Å². The smallest absolute Gasteiger partial charge is 0.475 e. The van der Waals surface area contributed by atoms with Gasteiger partial charge in [-0.05, 0) is 5.56 Å². The van der Waals surface area contributed by atoms with Gasteiger partial charge in [-0.1, -0.05) is 12.1 Å². The van der Waals surface area contributed by atoms with Crippen molar-refractivity contribution in [3.05, 3.63) is 39.9 Å². The van der Waals surface area contributed by atoms with Crippen LogP contribution in [0, 0.1) is 10.1 Å². The summed E-state index contributed by atoms with van der Waals surface area (Å²) in [5.41, 5.74) is 6.38. The lowest BCUT2D eigenvalue weighted by molar-refractivity contribution is -0.384. The highest BCUT2D eigenvalue weighted by atomic mass is 19.4. The van der Waals surface area contributed by atoms with Crippen LogP contribution in [0.2, 0.25) is 0 Å². The summed E-state index contributed by atoms with van der Waals surface area (Å²) in [4.78, 5) is 29.9. The van der Waals surface area contributed by atoms with Gasteiger partial charge in [-0.2, -0.15) is 13.2 Å². The number of nitro benzene ring substituents is 1. The average Bonchev–Trinajstić information content (AvgIpc) is 2.55. The Bertz CT molecular complexity index is 592. The van der Waals surface area contributed by atoms with Crippen molar-refractivity contribution in [1.82, 2.24) is 5.32 Å². The van der Waals surface area contributed by atoms with E-state index >= 15 is 0 Å². The molecule has 0 fully saturated rings. The number of non-ortho nitro benzene ring substituents is 1. The molecule has 0 aliphatic rings. The molecule has 1 aromatic rings. The predicted molar refractivity (Wildman–Crippen MR) is 78.6 cm³/mol. The fraction of sp³-hybridized carbons (Fsp3) is 0.385. The second kappa shape index (κ2) is 10.2. The van der Waals surface area contributed by atoms with Gasteiger partial charge in [0.15, 0.2) is 0 Å². The number of aliphatic carboxylic acids is 1. The Morgan fingerprint density at radius 2 is 1.84 bits per heavy atom. The van der Waals surface area contributed by atoms with E-state index < -0.39 is 23.0 Å². The summed E-state index contributed by atoms with van der Waals surface area (Å²) in [6.45, 7) is 0.310. The summed E-state index contributed by atoms with van der Waals surface area (Å²) in [7, 11) is 1.30. The van der Waals surface area contributed by atoms with E-state index in [1.807, 2.05) is 0 Å². The molecule has 0 amide bonds. The standard InChI is InChI=1S/C11H15N3O4.C2HF3O2/c1-18-11(15)7-13-10(6-12)8-2-4-9(5-3-8)14(16)17;3-2(4,5)1(6)7/h2-5,10,13H,6-7,12H2,1H3;(H,6,7). The highest BCUT2D eigenvalue weighted by Gasteiger charge is 2.38. The third-order valence-electron chi connectivity index (χ3n) is 2.70. The number of hydrogen-bond donors (Lipinski definition) is 3. The van der Waals surface area contributed by atoms with Crippen molar-refractivity contribution in [3.63, 3.8) is 0 Å². The molecule has 1 unspecified atom stereocenters. The number of nitrogens with two attached hydrogens (primary N) is 1. The van der Waals surface area contributed by atoms with Crippen molar-refractivity contribution in [2.75, 3.05) is 20.2 Å². The zero-order valence-corrected chi connectivity index (χ0v) is 12.9. The van der Waals surface area contributed by atoms with E-state index in [1.165, 1.54) is 19.2 Å². The largest absolute Gasteiger partial charge is 0.490 e. The van der Waals surface area contributed by atoms with Gasteiger partial charge in [0.1, 0.15) is 0 Å². The van der Waals surface area contributed by atoms with Crippen molar-refractivity contribution < 1.29 is 37.5 Å². The van der Waals surface area contributed by atoms with Crippen molar-refractivity contribution >= 4 is 17.6 Å². The number of benzene rings is 1. The lowest BCUT2D eigenvalue weighted by Crippen LogP contribution is -2.32. The first-order valence-corrected chi connectivity index (χ1v) is 6.57. The summed E-state index contributed by atoms with van der Waals surface area (Å²) < 4.78 is 36.2. The second-order valence-electron chi connectivity index (χ2n) is 4.40. The molecule has 0 saturated carbocycles. The number of esters is 1. The van der Waals surface area contributed by atoms with E-state index in [-0.39, 0.29) is 24.8 Å². The van der Waals surface area contributed by atoms with E-state index in [9.17, 15) is 28.1 Å². The molecule has 0 radical (unpaired) electrons. The van der Waals surface area contributed by atoms with Crippen molar-refractivity contribution in [1.29, 1.82) is 0 Å². The van der Waals surface area contributed by atoms with Crippen LogP contribution in [0.3, 0.4) is 0 Å². The number of halogens is 3. The van der Waals surface area contributed by atoms with E-state index in [2.05, 4.69) is 10.1 Å². The molecule has 140 valence electrons. The number of ether oxygens (including phenoxy) is 1. The molecule has 0 heterocycles. The molecule has 0 aliphatic heterocycles. The Kier molecular flexibility index (Phi) is 9.09. The molecular weight excluding hydrogens is 351 g/mol. The maximum Gasteiger partial charge on any atom is 0.490 e. The summed E-state index contributed by atoms with van der Waals surface area (Å²) in [5.74, 6) is -3.15. The predicted octanol–water partition coefficient (Wildman–Crippen LogP) is 0.991. The minimum Gasteiger partial charge on any atom is -0.475 e. The molecular formula is C13H16F3N3O6. The molecule has 0 aromatic heterocycles. The maximum atomic E-state index is 11.0. The number of nitrogens with zero attached hydrogens (tertiary/aromatic N) is 1. The van der Waals surface area contributed by atoms with E-state index in [4.69, 9.17) is 15.6 Å². The van der Waals surface area contributed by atoms with Crippen LogP contribution in [0.1, 0.15) is 11.6 Å². The van der Waals surface area contributed by atoms with Crippen molar-refractivity contribution in [2.24, 2.45) is 5.73 Å². The van der Waals surface area contributed by atoms with Crippen LogP contribution in [0.4, 0.5) is 18.9 Å². The molecule has 25 heavy (non-hydrogen) atoms. The topological polar surface area (TPSA) is 145 Å². The Hall–Kier alpha value is -2.73. The Morgan fingerprint density at radius 3 is 2.16 bits per heavy atom. The lowest BCUT2D eigenvalue weighted by Gasteiger charge is -2.16. The molecule has 0 aliphatic carbocycles. The molecule has 4 N–H and O–H groups in total. The zero-order valence-electron chi connectivity index (χ0n) is 12.9. The average molecular weight is 367 g/mol. The molecule has 1 aromatic carbocycles. The molecule has 1 rings (SSSR count). The van der Waals surface area contributed by atoms with Gasteiger partial charge in [-0.25, -0.2) is 4.79 Å². The van der Waals surface area contributed by atoms with Crippen LogP contribution in [0.5, 0.6) is 0 Å². The summed E-state index contributed by atoms with van der Waals surface area (Å²) in [6, 6.07) is 5.78. The number of carboxylic acids is 1. The van der Waals surface area contributed by atoms with Crippen molar-refractivity contribution in [3.8, 4) is 0 Å². The monoisotopic (exact) mass is 367 g/mol. The van der Waals surface area contributed by atoms with E-state index in [0.717, 1.165) is 5.56 Å².